The molecule has 0 bridgehead atoms. The summed E-state index contributed by atoms with van der Waals surface area (Å²) in [4.78, 5) is 11.6. The Hall–Kier alpha value is -3.72. The van der Waals surface area contributed by atoms with Gasteiger partial charge in [-0.2, -0.15) is 5.26 Å². The molecule has 0 spiro atoms. The van der Waals surface area contributed by atoms with Crippen LogP contribution in [-0.2, 0) is 4.74 Å². The number of carbonyl (C=O) groups excluding carboxylic acids is 1. The Morgan fingerprint density at radius 2 is 1.67 bits per heavy atom. The number of aromatic nitrogens is 1. The third-order valence-electron chi connectivity index (χ3n) is 4.23. The number of hydrogen-bond acceptors (Lipinski definition) is 5. The molecule has 136 valence electrons. The van der Waals surface area contributed by atoms with Crippen molar-refractivity contribution in [2.75, 3.05) is 21.3 Å². The van der Waals surface area contributed by atoms with E-state index in [0.29, 0.717) is 22.6 Å². The molecule has 6 heteroatoms. The lowest BCUT2D eigenvalue weighted by atomic mass is 10.0. The molecule has 3 aromatic rings. The Balaban J connectivity index is 2.01. The molecule has 3 rings (SSSR count). The van der Waals surface area contributed by atoms with Gasteiger partial charge in [-0.05, 0) is 42.0 Å². The minimum atomic E-state index is -0.391. The van der Waals surface area contributed by atoms with Crippen molar-refractivity contribution in [3.8, 4) is 34.4 Å². The Morgan fingerprint density at radius 3 is 2.26 bits per heavy atom. The van der Waals surface area contributed by atoms with Crippen molar-refractivity contribution in [2.45, 2.75) is 0 Å². The fraction of sp³-hybridized carbons (Fsp3) is 0.143. The fourth-order valence-corrected chi connectivity index (χ4v) is 2.81. The zero-order valence-corrected chi connectivity index (χ0v) is 15.2. The molecule has 0 aliphatic carbocycles. The molecule has 0 aliphatic heterocycles. The average Bonchev–Trinajstić information content (AvgIpc) is 3.17. The zero-order valence-electron chi connectivity index (χ0n) is 15.2. The van der Waals surface area contributed by atoms with E-state index >= 15 is 0 Å². The predicted octanol–water partition coefficient (Wildman–Crippen LogP) is 3.82. The molecule has 0 aliphatic rings. The van der Waals surface area contributed by atoms with Gasteiger partial charge in [-0.1, -0.05) is 6.07 Å². The Bertz CT molecular complexity index is 1010. The third-order valence-corrected chi connectivity index (χ3v) is 4.23. The number of hydrogen-bond donors (Lipinski definition) is 0. The Labute approximate surface area is 157 Å². The highest BCUT2D eigenvalue weighted by Gasteiger charge is 2.13. The maximum Gasteiger partial charge on any atom is 0.337 e. The van der Waals surface area contributed by atoms with Crippen LogP contribution in [0.15, 0.2) is 54.9 Å². The van der Waals surface area contributed by atoms with Crippen molar-refractivity contribution in [3.05, 3.63) is 66.0 Å². The van der Waals surface area contributed by atoms with Crippen LogP contribution in [0.1, 0.15) is 15.9 Å². The van der Waals surface area contributed by atoms with E-state index in [1.807, 2.05) is 22.9 Å². The molecule has 0 saturated carbocycles. The van der Waals surface area contributed by atoms with Crippen molar-refractivity contribution >= 4 is 5.97 Å². The number of benzene rings is 2. The van der Waals surface area contributed by atoms with Crippen molar-refractivity contribution in [1.82, 2.24) is 4.57 Å². The second-order valence-corrected chi connectivity index (χ2v) is 5.71. The van der Waals surface area contributed by atoms with Crippen LogP contribution in [0.25, 0.3) is 16.8 Å². The summed E-state index contributed by atoms with van der Waals surface area (Å²) < 4.78 is 17.2. The number of nitriles is 1. The lowest BCUT2D eigenvalue weighted by Crippen LogP contribution is -2.01. The van der Waals surface area contributed by atoms with Gasteiger partial charge >= 0.3 is 5.97 Å². The maximum absolute atomic E-state index is 11.6. The number of nitrogens with zero attached hydrogens (tertiary/aromatic N) is 2. The van der Waals surface area contributed by atoms with Gasteiger partial charge in [0.1, 0.15) is 6.07 Å². The minimum Gasteiger partial charge on any atom is -0.493 e. The second-order valence-electron chi connectivity index (χ2n) is 5.71. The quantitative estimate of drug-likeness (QED) is 0.645. The van der Waals surface area contributed by atoms with Crippen LogP contribution in [-0.4, -0.2) is 31.9 Å². The van der Waals surface area contributed by atoms with Crippen LogP contribution in [0.5, 0.6) is 11.5 Å². The molecular weight excluding hydrogens is 344 g/mol. The summed E-state index contributed by atoms with van der Waals surface area (Å²) in [6.07, 6.45) is 3.62. The van der Waals surface area contributed by atoms with E-state index in [0.717, 1.165) is 16.8 Å². The molecule has 0 fully saturated rings. The van der Waals surface area contributed by atoms with Gasteiger partial charge in [0, 0.05) is 23.6 Å². The number of carbonyl (C=O) groups is 1. The highest BCUT2D eigenvalue weighted by molar-refractivity contribution is 5.89. The van der Waals surface area contributed by atoms with Gasteiger partial charge < -0.3 is 18.8 Å². The molecule has 0 unspecified atom stereocenters. The van der Waals surface area contributed by atoms with E-state index in [1.165, 1.54) is 7.11 Å². The first-order valence-electron chi connectivity index (χ1n) is 8.14. The van der Waals surface area contributed by atoms with Gasteiger partial charge in [0.15, 0.2) is 11.5 Å². The smallest absolute Gasteiger partial charge is 0.337 e. The molecule has 2 aromatic carbocycles. The topological polar surface area (TPSA) is 73.5 Å². The number of methoxy groups -OCH3 is 3. The Morgan fingerprint density at radius 1 is 0.963 bits per heavy atom. The SMILES string of the molecule is COC(=O)c1ccc(-n2cc(C#N)c(-c3ccc(OC)c(OC)c3)c2)cc1. The summed E-state index contributed by atoms with van der Waals surface area (Å²) in [7, 11) is 4.49. The summed E-state index contributed by atoms with van der Waals surface area (Å²) in [5.74, 6) is 0.824. The monoisotopic (exact) mass is 362 g/mol. The molecule has 0 radical (unpaired) electrons. The second kappa shape index (κ2) is 7.67. The van der Waals surface area contributed by atoms with E-state index in [2.05, 4.69) is 6.07 Å². The lowest BCUT2D eigenvalue weighted by Gasteiger charge is -2.09. The van der Waals surface area contributed by atoms with Crippen LogP contribution in [0.3, 0.4) is 0 Å². The largest absolute Gasteiger partial charge is 0.493 e. The highest BCUT2D eigenvalue weighted by Crippen LogP contribution is 2.34. The van der Waals surface area contributed by atoms with Gasteiger partial charge in [-0.25, -0.2) is 4.79 Å². The molecule has 27 heavy (non-hydrogen) atoms. The standard InChI is InChI=1S/C21H18N2O4/c1-25-19-9-6-15(10-20(19)26-2)18-13-23(12-16(18)11-22)17-7-4-14(5-8-17)21(24)27-3/h4-10,12-13H,1-3H3. The normalized spacial score (nSPS) is 10.1. The summed E-state index contributed by atoms with van der Waals surface area (Å²) in [5.41, 5.74) is 3.43. The van der Waals surface area contributed by atoms with Crippen LogP contribution in [0, 0.1) is 11.3 Å². The summed E-state index contributed by atoms with van der Waals surface area (Å²) in [6, 6.07) is 14.7. The fourth-order valence-electron chi connectivity index (χ4n) is 2.81. The molecule has 0 atom stereocenters. The zero-order chi connectivity index (χ0) is 19.4. The summed E-state index contributed by atoms with van der Waals surface area (Å²) in [6.45, 7) is 0. The third kappa shape index (κ3) is 3.48. The molecular formula is C21H18N2O4. The van der Waals surface area contributed by atoms with Gasteiger partial charge in [0.25, 0.3) is 0 Å². The molecule has 1 heterocycles. The maximum atomic E-state index is 11.6. The predicted molar refractivity (Wildman–Crippen MR) is 100 cm³/mol. The van der Waals surface area contributed by atoms with Crippen molar-refractivity contribution in [3.63, 3.8) is 0 Å². The molecule has 1 aromatic heterocycles. The highest BCUT2D eigenvalue weighted by atomic mass is 16.5. The lowest BCUT2D eigenvalue weighted by molar-refractivity contribution is 0.0600. The van der Waals surface area contributed by atoms with Crippen molar-refractivity contribution < 1.29 is 19.0 Å². The number of esters is 1. The van der Waals surface area contributed by atoms with E-state index in [-0.39, 0.29) is 0 Å². The van der Waals surface area contributed by atoms with Crippen LogP contribution >= 0.6 is 0 Å². The van der Waals surface area contributed by atoms with Crippen LogP contribution in [0.4, 0.5) is 0 Å². The van der Waals surface area contributed by atoms with E-state index < -0.39 is 5.97 Å². The van der Waals surface area contributed by atoms with Crippen LogP contribution in [0.2, 0.25) is 0 Å². The van der Waals surface area contributed by atoms with Gasteiger partial charge in [0.2, 0.25) is 0 Å². The number of ether oxygens (including phenoxy) is 3. The Kier molecular flexibility index (Phi) is 5.13. The molecule has 0 saturated heterocycles. The van der Waals surface area contributed by atoms with Crippen molar-refractivity contribution in [1.29, 1.82) is 5.26 Å². The van der Waals surface area contributed by atoms with Crippen LogP contribution < -0.4 is 9.47 Å². The minimum absolute atomic E-state index is 0.391. The number of rotatable bonds is 5. The first-order valence-corrected chi connectivity index (χ1v) is 8.14. The average molecular weight is 362 g/mol. The first-order chi connectivity index (χ1) is 13.1. The first kappa shape index (κ1) is 18.1. The summed E-state index contributed by atoms with van der Waals surface area (Å²) >= 11 is 0. The van der Waals surface area contributed by atoms with Crippen molar-refractivity contribution in [2.24, 2.45) is 0 Å². The van der Waals surface area contributed by atoms with E-state index in [9.17, 15) is 10.1 Å². The molecule has 0 amide bonds. The van der Waals surface area contributed by atoms with Gasteiger partial charge in [-0.15, -0.1) is 0 Å². The van der Waals surface area contributed by atoms with E-state index in [1.54, 1.807) is 50.7 Å². The summed E-state index contributed by atoms with van der Waals surface area (Å²) in [5, 5.41) is 9.54. The molecule has 6 nitrogen and oxygen atoms in total. The van der Waals surface area contributed by atoms with E-state index in [4.69, 9.17) is 14.2 Å². The van der Waals surface area contributed by atoms with Gasteiger partial charge in [-0.3, -0.25) is 0 Å². The van der Waals surface area contributed by atoms with Gasteiger partial charge in [0.05, 0.1) is 32.5 Å². The molecule has 0 N–H and O–H groups in total.